The Balaban J connectivity index is 2.86. The van der Waals surface area contributed by atoms with Gasteiger partial charge in [0.1, 0.15) is 0 Å². The van der Waals surface area contributed by atoms with E-state index in [0.717, 1.165) is 0 Å². The van der Waals surface area contributed by atoms with Gasteiger partial charge in [-0.3, -0.25) is 0 Å². The average Bonchev–Trinajstić information content (AvgIpc) is 2.39. The Labute approximate surface area is 118 Å². The van der Waals surface area contributed by atoms with Gasteiger partial charge in [-0.2, -0.15) is 0 Å². The summed E-state index contributed by atoms with van der Waals surface area (Å²) in [5.41, 5.74) is 0. The summed E-state index contributed by atoms with van der Waals surface area (Å²) < 4.78 is 0. The van der Waals surface area contributed by atoms with Crippen molar-refractivity contribution in [2.45, 2.75) is 97.3 Å². The molecule has 1 radical (unpaired) electrons. The van der Waals surface area contributed by atoms with Crippen LogP contribution >= 0.6 is 8.58 Å². The van der Waals surface area contributed by atoms with Crippen molar-refractivity contribution in [3.63, 3.8) is 0 Å². The molecule has 0 rings (SSSR count). The lowest BCUT2D eigenvalue weighted by Crippen LogP contribution is -1.85. The molecule has 0 aliphatic carbocycles. The highest BCUT2D eigenvalue weighted by Crippen LogP contribution is 2.18. The van der Waals surface area contributed by atoms with Crippen LogP contribution in [-0.2, 0) is 0 Å². The van der Waals surface area contributed by atoms with Crippen molar-refractivity contribution in [1.29, 1.82) is 0 Å². The summed E-state index contributed by atoms with van der Waals surface area (Å²) in [6, 6.07) is 0. The van der Waals surface area contributed by atoms with Crippen LogP contribution in [-0.4, -0.2) is 12.3 Å². The Morgan fingerprint density at radius 3 is 1.17 bits per heavy atom. The van der Waals surface area contributed by atoms with Gasteiger partial charge in [-0.25, -0.2) is 0 Å². The molecule has 0 bridgehead atoms. The summed E-state index contributed by atoms with van der Waals surface area (Å²) in [6.45, 7) is 4.59. The molecule has 0 spiro atoms. The van der Waals surface area contributed by atoms with E-state index in [2.05, 4.69) is 13.8 Å². The lowest BCUT2D eigenvalue weighted by molar-refractivity contribution is 0.603. The van der Waals surface area contributed by atoms with Crippen LogP contribution in [0.15, 0.2) is 0 Å². The highest BCUT2D eigenvalue weighted by atomic mass is 31.1. The van der Waals surface area contributed by atoms with E-state index in [-0.39, 0.29) is 0 Å². The van der Waals surface area contributed by atoms with Crippen molar-refractivity contribution in [2.24, 2.45) is 0 Å². The minimum atomic E-state index is 1.37. The van der Waals surface area contributed by atoms with E-state index in [1.807, 2.05) is 0 Å². The van der Waals surface area contributed by atoms with Crippen molar-refractivity contribution in [2.75, 3.05) is 12.3 Å². The molecular formula is C17H36P. The summed E-state index contributed by atoms with van der Waals surface area (Å²) in [6.07, 6.45) is 21.8. The van der Waals surface area contributed by atoms with Crippen molar-refractivity contribution in [3.05, 3.63) is 0 Å². The van der Waals surface area contributed by atoms with Crippen LogP contribution in [0.2, 0.25) is 0 Å². The van der Waals surface area contributed by atoms with Gasteiger partial charge in [0.25, 0.3) is 0 Å². The molecule has 0 N–H and O–H groups in total. The summed E-state index contributed by atoms with van der Waals surface area (Å²) in [5, 5.41) is 0. The van der Waals surface area contributed by atoms with Crippen LogP contribution in [0.5, 0.6) is 0 Å². The van der Waals surface area contributed by atoms with E-state index in [0.29, 0.717) is 0 Å². The lowest BCUT2D eigenvalue weighted by Gasteiger charge is -2.02. The van der Waals surface area contributed by atoms with Gasteiger partial charge < -0.3 is 0 Å². The van der Waals surface area contributed by atoms with E-state index < -0.39 is 0 Å². The first kappa shape index (κ1) is 18.4. The largest absolute Gasteiger partial charge is 0.0810 e. The zero-order valence-electron chi connectivity index (χ0n) is 13.1. The second-order valence-corrected chi connectivity index (χ2v) is 6.90. The van der Waals surface area contributed by atoms with Gasteiger partial charge in [-0.15, -0.1) is 0 Å². The molecule has 0 amide bonds. The molecule has 0 aromatic rings. The van der Waals surface area contributed by atoms with E-state index in [1.54, 1.807) is 8.58 Å². The van der Waals surface area contributed by atoms with E-state index in [4.69, 9.17) is 0 Å². The summed E-state index contributed by atoms with van der Waals surface area (Å²) in [7, 11) is 1.72. The molecule has 109 valence electrons. The third-order valence-electron chi connectivity index (χ3n) is 3.59. The monoisotopic (exact) mass is 271 g/mol. The summed E-state index contributed by atoms with van der Waals surface area (Å²) >= 11 is 0. The Morgan fingerprint density at radius 2 is 0.778 bits per heavy atom. The number of hydrogen-bond donors (Lipinski definition) is 0. The number of rotatable bonds is 15. The predicted octanol–water partition coefficient (Wildman–Crippen LogP) is 7.04. The maximum absolute atomic E-state index is 2.29. The minimum absolute atomic E-state index is 1.37. The second kappa shape index (κ2) is 17.4. The molecule has 0 saturated heterocycles. The van der Waals surface area contributed by atoms with Crippen LogP contribution in [0.25, 0.3) is 0 Å². The normalized spacial score (nSPS) is 11.7. The molecule has 0 heterocycles. The average molecular weight is 271 g/mol. The topological polar surface area (TPSA) is 0 Å². The molecule has 0 atom stereocenters. The first-order valence-corrected chi connectivity index (χ1v) is 9.81. The highest BCUT2D eigenvalue weighted by Gasteiger charge is 1.93. The van der Waals surface area contributed by atoms with Gasteiger partial charge in [0.15, 0.2) is 0 Å². The fraction of sp³-hybridized carbons (Fsp3) is 1.00. The molecule has 0 aromatic carbocycles. The highest BCUT2D eigenvalue weighted by molar-refractivity contribution is 7.37. The minimum Gasteiger partial charge on any atom is -0.0810 e. The third-order valence-corrected chi connectivity index (χ3v) is 4.85. The molecule has 0 aromatic heterocycles. The van der Waals surface area contributed by atoms with Gasteiger partial charge in [-0.05, 0) is 25.2 Å². The van der Waals surface area contributed by atoms with Gasteiger partial charge in [0.2, 0.25) is 0 Å². The zero-order chi connectivity index (χ0) is 13.3. The van der Waals surface area contributed by atoms with E-state index >= 15 is 0 Å². The fourth-order valence-electron chi connectivity index (χ4n) is 2.30. The van der Waals surface area contributed by atoms with Crippen LogP contribution in [0.1, 0.15) is 97.3 Å². The van der Waals surface area contributed by atoms with Crippen molar-refractivity contribution in [1.82, 2.24) is 0 Å². The van der Waals surface area contributed by atoms with Crippen LogP contribution in [0, 0.1) is 0 Å². The Bertz CT molecular complexity index is 118. The predicted molar refractivity (Wildman–Crippen MR) is 88.0 cm³/mol. The van der Waals surface area contributed by atoms with Gasteiger partial charge in [0.05, 0.1) is 0 Å². The summed E-state index contributed by atoms with van der Waals surface area (Å²) in [5.74, 6) is 0. The standard InChI is InChI=1S/C17H36P/c1-3-5-7-9-11-13-15-17-18-16-14-12-10-8-6-4-2/h3-17H2,1-2H3. The summed E-state index contributed by atoms with van der Waals surface area (Å²) in [4.78, 5) is 0. The molecule has 1 heteroatoms. The van der Waals surface area contributed by atoms with E-state index in [1.165, 1.54) is 95.8 Å². The smallest absolute Gasteiger partial charge is 0.0287 e. The quantitative estimate of drug-likeness (QED) is 0.221. The molecule has 0 fully saturated rings. The van der Waals surface area contributed by atoms with E-state index in [9.17, 15) is 0 Å². The van der Waals surface area contributed by atoms with Crippen LogP contribution in [0.3, 0.4) is 0 Å². The second-order valence-electron chi connectivity index (χ2n) is 5.56. The fourth-order valence-corrected chi connectivity index (χ4v) is 3.41. The molecule has 0 nitrogen and oxygen atoms in total. The maximum Gasteiger partial charge on any atom is -0.0287 e. The molecular weight excluding hydrogens is 235 g/mol. The Morgan fingerprint density at radius 1 is 0.444 bits per heavy atom. The van der Waals surface area contributed by atoms with Gasteiger partial charge >= 0.3 is 0 Å². The van der Waals surface area contributed by atoms with Crippen molar-refractivity contribution in [3.8, 4) is 0 Å². The molecule has 0 saturated carbocycles. The van der Waals surface area contributed by atoms with Crippen molar-refractivity contribution < 1.29 is 0 Å². The molecule has 18 heavy (non-hydrogen) atoms. The molecule has 0 unspecified atom stereocenters. The third kappa shape index (κ3) is 16.4. The lowest BCUT2D eigenvalue weighted by atomic mass is 10.1. The molecule has 0 aliphatic heterocycles. The first-order valence-electron chi connectivity index (χ1n) is 8.55. The zero-order valence-corrected chi connectivity index (χ0v) is 13.9. The van der Waals surface area contributed by atoms with Gasteiger partial charge in [-0.1, -0.05) is 93.1 Å². The Kier molecular flexibility index (Phi) is 17.8. The van der Waals surface area contributed by atoms with Crippen LogP contribution in [0.4, 0.5) is 0 Å². The first-order chi connectivity index (χ1) is 8.91. The maximum atomic E-state index is 2.29. The van der Waals surface area contributed by atoms with Gasteiger partial charge in [0, 0.05) is 0 Å². The Hall–Kier alpha value is 0.430. The molecule has 0 aliphatic rings. The SMILES string of the molecule is CCCCCCCCC[P]CCCCCCCC. The van der Waals surface area contributed by atoms with Crippen molar-refractivity contribution >= 4 is 8.58 Å². The number of hydrogen-bond acceptors (Lipinski definition) is 0. The van der Waals surface area contributed by atoms with Crippen LogP contribution < -0.4 is 0 Å². The number of unbranched alkanes of at least 4 members (excludes halogenated alkanes) is 11.